The smallest absolute Gasteiger partial charge is 0.128 e. The van der Waals surface area contributed by atoms with Crippen molar-refractivity contribution in [3.05, 3.63) is 35.1 Å². The molecule has 1 saturated carbocycles. The van der Waals surface area contributed by atoms with Gasteiger partial charge in [0.15, 0.2) is 0 Å². The van der Waals surface area contributed by atoms with Gasteiger partial charge in [-0.3, -0.25) is 0 Å². The second-order valence-corrected chi connectivity index (χ2v) is 5.38. The molecular weight excluding hydrogens is 245 g/mol. The Bertz CT molecular complexity index is 428. The van der Waals surface area contributed by atoms with Crippen molar-refractivity contribution in [2.75, 3.05) is 13.2 Å². The van der Waals surface area contributed by atoms with E-state index in [-0.39, 0.29) is 11.9 Å². The van der Waals surface area contributed by atoms with Crippen LogP contribution < -0.4 is 5.32 Å². The monoisotopic (exact) mass is 265 g/mol. The van der Waals surface area contributed by atoms with E-state index in [1.54, 1.807) is 0 Å². The molecule has 3 nitrogen and oxygen atoms in total. The lowest BCUT2D eigenvalue weighted by atomic mass is 10.1. The molecule has 3 rings (SSSR count). The molecule has 0 aromatic heterocycles. The number of halogens is 1. The quantitative estimate of drug-likeness (QED) is 0.856. The van der Waals surface area contributed by atoms with Crippen LogP contribution in [0.1, 0.15) is 30.4 Å². The van der Waals surface area contributed by atoms with Crippen molar-refractivity contribution in [1.82, 2.24) is 5.32 Å². The molecule has 19 heavy (non-hydrogen) atoms. The third-order valence-corrected chi connectivity index (χ3v) is 3.64. The Morgan fingerprint density at radius 1 is 1.32 bits per heavy atom. The molecule has 1 unspecified atom stereocenters. The van der Waals surface area contributed by atoms with Gasteiger partial charge in [-0.2, -0.15) is 0 Å². The van der Waals surface area contributed by atoms with E-state index in [1.807, 2.05) is 12.1 Å². The molecule has 1 N–H and O–H groups in total. The van der Waals surface area contributed by atoms with E-state index < -0.39 is 0 Å². The highest BCUT2D eigenvalue weighted by molar-refractivity contribution is 5.24. The number of rotatable bonds is 6. The van der Waals surface area contributed by atoms with Gasteiger partial charge in [-0.15, -0.1) is 0 Å². The molecule has 1 heterocycles. The Hall–Kier alpha value is -0.970. The molecule has 0 spiro atoms. The van der Waals surface area contributed by atoms with Gasteiger partial charge in [0, 0.05) is 24.8 Å². The van der Waals surface area contributed by atoms with E-state index in [9.17, 15) is 4.39 Å². The van der Waals surface area contributed by atoms with Crippen LogP contribution in [0, 0.1) is 5.82 Å². The minimum atomic E-state index is -0.186. The lowest BCUT2D eigenvalue weighted by Crippen LogP contribution is -2.16. The van der Waals surface area contributed by atoms with Gasteiger partial charge in [0.05, 0.1) is 19.3 Å². The Labute approximate surface area is 113 Å². The fourth-order valence-corrected chi connectivity index (χ4v) is 2.25. The summed E-state index contributed by atoms with van der Waals surface area (Å²) in [6.07, 6.45) is 3.55. The Kier molecular flexibility index (Phi) is 4.11. The third kappa shape index (κ3) is 3.75. The van der Waals surface area contributed by atoms with E-state index in [2.05, 4.69) is 5.32 Å². The highest BCUT2D eigenvalue weighted by Crippen LogP contribution is 2.20. The van der Waals surface area contributed by atoms with Gasteiger partial charge in [-0.05, 0) is 37.0 Å². The molecule has 1 aliphatic heterocycles. The van der Waals surface area contributed by atoms with Crippen LogP contribution in [0.4, 0.5) is 4.39 Å². The molecule has 0 bridgehead atoms. The van der Waals surface area contributed by atoms with Gasteiger partial charge in [0.25, 0.3) is 0 Å². The summed E-state index contributed by atoms with van der Waals surface area (Å²) >= 11 is 0. The Morgan fingerprint density at radius 3 is 2.95 bits per heavy atom. The summed E-state index contributed by atoms with van der Waals surface area (Å²) < 4.78 is 24.6. The van der Waals surface area contributed by atoms with E-state index in [4.69, 9.17) is 9.47 Å². The Balaban J connectivity index is 1.56. The Morgan fingerprint density at radius 2 is 2.21 bits per heavy atom. The molecule has 0 radical (unpaired) electrons. The number of hydrogen-bond donors (Lipinski definition) is 1. The van der Waals surface area contributed by atoms with Crippen molar-refractivity contribution >= 4 is 0 Å². The zero-order valence-corrected chi connectivity index (χ0v) is 11.0. The van der Waals surface area contributed by atoms with Crippen LogP contribution in [-0.2, 0) is 22.6 Å². The minimum absolute atomic E-state index is 0.118. The van der Waals surface area contributed by atoms with Crippen LogP contribution in [-0.4, -0.2) is 25.4 Å². The molecule has 1 atom stereocenters. The summed E-state index contributed by atoms with van der Waals surface area (Å²) in [6, 6.07) is 5.95. The number of benzene rings is 1. The van der Waals surface area contributed by atoms with Crippen molar-refractivity contribution in [3.63, 3.8) is 0 Å². The lowest BCUT2D eigenvalue weighted by Gasteiger charge is -2.12. The van der Waals surface area contributed by atoms with Crippen LogP contribution in [0.3, 0.4) is 0 Å². The number of nitrogens with one attached hydrogen (secondary N) is 1. The number of ether oxygens (including phenoxy) is 2. The summed E-state index contributed by atoms with van der Waals surface area (Å²) in [4.78, 5) is 0. The SMILES string of the molecule is Fc1ccc(CNC2CC2)cc1COC1CCOC1. The zero-order valence-electron chi connectivity index (χ0n) is 11.0. The molecule has 2 fully saturated rings. The molecule has 1 aromatic carbocycles. The van der Waals surface area contributed by atoms with Gasteiger partial charge in [0.1, 0.15) is 5.82 Å². The predicted molar refractivity (Wildman–Crippen MR) is 70.3 cm³/mol. The van der Waals surface area contributed by atoms with Crippen LogP contribution in [0.2, 0.25) is 0 Å². The van der Waals surface area contributed by atoms with Crippen LogP contribution in [0.25, 0.3) is 0 Å². The largest absolute Gasteiger partial charge is 0.379 e. The van der Waals surface area contributed by atoms with Crippen molar-refractivity contribution in [1.29, 1.82) is 0 Å². The molecule has 104 valence electrons. The summed E-state index contributed by atoms with van der Waals surface area (Å²) in [5, 5.41) is 3.43. The topological polar surface area (TPSA) is 30.5 Å². The second-order valence-electron chi connectivity index (χ2n) is 5.38. The standard InChI is InChI=1S/C15H20FNO2/c16-15-4-1-11(8-17-13-2-3-13)7-12(15)9-19-14-5-6-18-10-14/h1,4,7,13-14,17H,2-3,5-6,8-10H2. The van der Waals surface area contributed by atoms with Gasteiger partial charge < -0.3 is 14.8 Å². The molecule has 4 heteroatoms. The fourth-order valence-electron chi connectivity index (χ4n) is 2.25. The highest BCUT2D eigenvalue weighted by Gasteiger charge is 2.20. The predicted octanol–water partition coefficient (Wildman–Crippen LogP) is 2.38. The van der Waals surface area contributed by atoms with Crippen LogP contribution in [0.15, 0.2) is 18.2 Å². The van der Waals surface area contributed by atoms with E-state index in [0.29, 0.717) is 24.8 Å². The molecule has 0 amide bonds. The molecule has 1 saturated heterocycles. The summed E-state index contributed by atoms with van der Waals surface area (Å²) in [5.74, 6) is -0.186. The van der Waals surface area contributed by atoms with Crippen molar-refractivity contribution in [2.45, 2.75) is 44.6 Å². The molecular formula is C15H20FNO2. The van der Waals surface area contributed by atoms with Crippen molar-refractivity contribution < 1.29 is 13.9 Å². The maximum atomic E-state index is 13.7. The first-order valence-corrected chi connectivity index (χ1v) is 7.01. The average molecular weight is 265 g/mol. The first-order chi connectivity index (χ1) is 9.31. The first kappa shape index (κ1) is 13.0. The van der Waals surface area contributed by atoms with Crippen molar-refractivity contribution in [3.8, 4) is 0 Å². The maximum absolute atomic E-state index is 13.7. The van der Waals surface area contributed by atoms with Gasteiger partial charge in [-0.25, -0.2) is 4.39 Å². The molecule has 1 aliphatic carbocycles. The van der Waals surface area contributed by atoms with E-state index >= 15 is 0 Å². The zero-order chi connectivity index (χ0) is 13.1. The average Bonchev–Trinajstić information content (AvgIpc) is 3.11. The van der Waals surface area contributed by atoms with Gasteiger partial charge in [-0.1, -0.05) is 6.07 Å². The van der Waals surface area contributed by atoms with Crippen LogP contribution in [0.5, 0.6) is 0 Å². The fraction of sp³-hybridized carbons (Fsp3) is 0.600. The van der Waals surface area contributed by atoms with Crippen LogP contribution >= 0.6 is 0 Å². The summed E-state index contributed by atoms with van der Waals surface area (Å²) in [6.45, 7) is 2.52. The molecule has 2 aliphatic rings. The maximum Gasteiger partial charge on any atom is 0.128 e. The summed E-state index contributed by atoms with van der Waals surface area (Å²) in [7, 11) is 0. The highest BCUT2D eigenvalue weighted by atomic mass is 19.1. The van der Waals surface area contributed by atoms with Gasteiger partial charge >= 0.3 is 0 Å². The normalized spacial score (nSPS) is 22.9. The third-order valence-electron chi connectivity index (χ3n) is 3.64. The minimum Gasteiger partial charge on any atom is -0.379 e. The van der Waals surface area contributed by atoms with E-state index in [0.717, 1.165) is 25.1 Å². The molecule has 1 aromatic rings. The number of hydrogen-bond acceptors (Lipinski definition) is 3. The first-order valence-electron chi connectivity index (χ1n) is 7.01. The summed E-state index contributed by atoms with van der Waals surface area (Å²) in [5.41, 5.74) is 1.76. The second kappa shape index (κ2) is 5.99. The van der Waals surface area contributed by atoms with E-state index in [1.165, 1.54) is 18.9 Å². The van der Waals surface area contributed by atoms with Crippen molar-refractivity contribution in [2.24, 2.45) is 0 Å². The van der Waals surface area contributed by atoms with Gasteiger partial charge in [0.2, 0.25) is 0 Å². The lowest BCUT2D eigenvalue weighted by molar-refractivity contribution is 0.0304.